The van der Waals surface area contributed by atoms with Gasteiger partial charge in [-0.2, -0.15) is 0 Å². The quantitative estimate of drug-likeness (QED) is 0.277. The average molecular weight is 407 g/mol. The fourth-order valence-electron chi connectivity index (χ4n) is 5.91. The van der Waals surface area contributed by atoms with Crippen molar-refractivity contribution in [3.8, 4) is 0 Å². The molecular weight excluding hydrogens is 372 g/mol. The monoisotopic (exact) mass is 406 g/mol. The number of Topliss-reactive ketones (excluding diaryl/α,β-unsaturated/α-hetero) is 2. The Morgan fingerprint density at radius 3 is 2.32 bits per heavy atom. The van der Waals surface area contributed by atoms with Gasteiger partial charge in [0.2, 0.25) is 8.32 Å². The molecule has 2 bridgehead atoms. The van der Waals surface area contributed by atoms with Crippen molar-refractivity contribution in [3.63, 3.8) is 0 Å². The molecule has 7 unspecified atom stereocenters. The standard InChI is InChI=1S/C22H34O5Si/c1-7-26-20(27-28(4,5)6)11-18(24)16-9-14-8-15(16)12(2)21(14)22-13(3)17(23)10-19(22)25/h11-16,21-22H,7-10H2,1-6H3. The van der Waals surface area contributed by atoms with Gasteiger partial charge < -0.3 is 9.16 Å². The highest BCUT2D eigenvalue weighted by molar-refractivity contribution is 6.70. The largest absolute Gasteiger partial charge is 0.520 e. The van der Waals surface area contributed by atoms with Crippen LogP contribution in [0.2, 0.25) is 19.6 Å². The third kappa shape index (κ3) is 3.98. The number of rotatable bonds is 7. The van der Waals surface area contributed by atoms with Crippen LogP contribution < -0.4 is 0 Å². The van der Waals surface area contributed by atoms with E-state index in [1.54, 1.807) is 6.08 Å². The number of hydrogen-bond acceptors (Lipinski definition) is 5. The molecular formula is C22H34O5Si. The molecule has 0 radical (unpaired) electrons. The Morgan fingerprint density at radius 2 is 1.82 bits per heavy atom. The van der Waals surface area contributed by atoms with E-state index >= 15 is 0 Å². The van der Waals surface area contributed by atoms with Crippen LogP contribution in [-0.4, -0.2) is 32.3 Å². The number of hydrogen-bond donors (Lipinski definition) is 0. The Balaban J connectivity index is 1.73. The van der Waals surface area contributed by atoms with Crippen LogP contribution >= 0.6 is 0 Å². The highest BCUT2D eigenvalue weighted by Gasteiger charge is 2.58. The molecule has 28 heavy (non-hydrogen) atoms. The van der Waals surface area contributed by atoms with Gasteiger partial charge >= 0.3 is 0 Å². The Hall–Kier alpha value is -1.43. The molecule has 3 saturated carbocycles. The molecule has 0 aromatic carbocycles. The summed E-state index contributed by atoms with van der Waals surface area (Å²) in [6, 6.07) is 0. The summed E-state index contributed by atoms with van der Waals surface area (Å²) in [6.45, 7) is 12.6. The zero-order chi connectivity index (χ0) is 20.8. The molecule has 3 rings (SSSR count). The lowest BCUT2D eigenvalue weighted by Gasteiger charge is -2.37. The second kappa shape index (κ2) is 7.77. The summed E-state index contributed by atoms with van der Waals surface area (Å²) in [5, 5.41) is 0. The molecule has 5 nitrogen and oxygen atoms in total. The minimum atomic E-state index is -1.86. The van der Waals surface area contributed by atoms with E-state index in [1.807, 2.05) is 13.8 Å². The highest BCUT2D eigenvalue weighted by Crippen LogP contribution is 2.59. The van der Waals surface area contributed by atoms with Crippen LogP contribution in [0.1, 0.15) is 40.0 Å². The maximum atomic E-state index is 13.0. The molecule has 0 amide bonds. The molecule has 0 N–H and O–H groups in total. The van der Waals surface area contributed by atoms with Gasteiger partial charge in [0, 0.05) is 17.8 Å². The molecule has 0 heterocycles. The first-order valence-corrected chi connectivity index (χ1v) is 14.1. The molecule has 156 valence electrons. The van der Waals surface area contributed by atoms with Crippen LogP contribution in [-0.2, 0) is 23.5 Å². The number of ketones is 3. The van der Waals surface area contributed by atoms with Gasteiger partial charge in [0.05, 0.1) is 19.1 Å². The lowest BCUT2D eigenvalue weighted by atomic mass is 9.66. The summed E-state index contributed by atoms with van der Waals surface area (Å²) in [5.74, 6) is 1.49. The van der Waals surface area contributed by atoms with Gasteiger partial charge in [0.1, 0.15) is 11.6 Å². The summed E-state index contributed by atoms with van der Waals surface area (Å²) in [4.78, 5) is 37.5. The second-order valence-corrected chi connectivity index (χ2v) is 14.3. The Morgan fingerprint density at radius 1 is 1.14 bits per heavy atom. The van der Waals surface area contributed by atoms with Gasteiger partial charge in [0.25, 0.3) is 5.95 Å². The first-order valence-electron chi connectivity index (χ1n) is 10.7. The molecule has 3 aliphatic rings. The van der Waals surface area contributed by atoms with Gasteiger partial charge in [-0.3, -0.25) is 14.4 Å². The zero-order valence-corrected chi connectivity index (χ0v) is 19.0. The number of carbonyl (C=O) groups is 3. The van der Waals surface area contributed by atoms with Crippen LogP contribution in [0, 0.1) is 41.4 Å². The zero-order valence-electron chi connectivity index (χ0n) is 18.0. The second-order valence-electron chi connectivity index (χ2n) is 9.88. The highest BCUT2D eigenvalue weighted by atomic mass is 28.4. The van der Waals surface area contributed by atoms with Crippen molar-refractivity contribution in [2.45, 2.75) is 59.7 Å². The van der Waals surface area contributed by atoms with E-state index in [1.165, 1.54) is 0 Å². The van der Waals surface area contributed by atoms with Gasteiger partial charge in [-0.05, 0) is 63.1 Å². The van der Waals surface area contributed by atoms with Crippen LogP contribution in [0.15, 0.2) is 12.0 Å². The summed E-state index contributed by atoms with van der Waals surface area (Å²) in [7, 11) is -1.86. The van der Waals surface area contributed by atoms with E-state index in [0.29, 0.717) is 18.5 Å². The number of fused-ring (bicyclic) bond motifs is 2. The molecule has 0 aromatic rings. The summed E-state index contributed by atoms with van der Waals surface area (Å²) >= 11 is 0. The third-order valence-corrected chi connectivity index (χ3v) is 7.79. The molecule has 0 aromatic heterocycles. The Labute approximate surface area is 169 Å². The molecule has 0 spiro atoms. The van der Waals surface area contributed by atoms with E-state index in [2.05, 4.69) is 26.6 Å². The Bertz CT molecular complexity index is 690. The van der Waals surface area contributed by atoms with Crippen molar-refractivity contribution >= 4 is 25.7 Å². The SMILES string of the molecule is CCOC(=CC(=O)C1CC2CC1C(C)C2C1C(=O)CC(=O)C1C)O[Si](C)(C)C. The molecule has 6 heteroatoms. The van der Waals surface area contributed by atoms with Gasteiger partial charge in [-0.15, -0.1) is 0 Å². The van der Waals surface area contributed by atoms with Crippen molar-refractivity contribution in [2.75, 3.05) is 6.61 Å². The van der Waals surface area contributed by atoms with Crippen molar-refractivity contribution in [1.82, 2.24) is 0 Å². The summed E-state index contributed by atoms with van der Waals surface area (Å²) < 4.78 is 11.5. The predicted octanol–water partition coefficient (Wildman–Crippen LogP) is 3.99. The lowest BCUT2D eigenvalue weighted by Crippen LogP contribution is -2.37. The van der Waals surface area contributed by atoms with Crippen LogP contribution in [0.25, 0.3) is 0 Å². The maximum Gasteiger partial charge on any atom is 0.268 e. The fraction of sp³-hybridized carbons (Fsp3) is 0.773. The number of allylic oxidation sites excluding steroid dienone is 1. The van der Waals surface area contributed by atoms with Crippen LogP contribution in [0.5, 0.6) is 0 Å². The first-order chi connectivity index (χ1) is 13.0. The lowest BCUT2D eigenvalue weighted by molar-refractivity contribution is -0.125. The third-order valence-electron chi connectivity index (χ3n) is 6.98. The smallest absolute Gasteiger partial charge is 0.268 e. The maximum absolute atomic E-state index is 13.0. The number of carbonyl (C=O) groups excluding carboxylic acids is 3. The van der Waals surface area contributed by atoms with E-state index in [4.69, 9.17) is 9.16 Å². The van der Waals surface area contributed by atoms with Crippen LogP contribution in [0.3, 0.4) is 0 Å². The van der Waals surface area contributed by atoms with Gasteiger partial charge in [-0.25, -0.2) is 0 Å². The average Bonchev–Trinajstić information content (AvgIpc) is 3.19. The van der Waals surface area contributed by atoms with Crippen LogP contribution in [0.4, 0.5) is 0 Å². The molecule has 7 atom stereocenters. The van der Waals surface area contributed by atoms with Crippen molar-refractivity contribution in [1.29, 1.82) is 0 Å². The van der Waals surface area contributed by atoms with Crippen molar-refractivity contribution in [2.24, 2.45) is 41.4 Å². The first kappa shape index (κ1) is 21.3. The normalized spacial score (nSPS) is 38.2. The van der Waals surface area contributed by atoms with Gasteiger partial charge in [0.15, 0.2) is 5.78 Å². The molecule has 0 aliphatic heterocycles. The van der Waals surface area contributed by atoms with Crippen molar-refractivity contribution in [3.05, 3.63) is 12.0 Å². The van der Waals surface area contributed by atoms with E-state index in [0.717, 1.165) is 12.8 Å². The Kier molecular flexibility index (Phi) is 5.90. The molecule has 3 fully saturated rings. The minimum Gasteiger partial charge on any atom is -0.520 e. The van der Waals surface area contributed by atoms with Gasteiger partial charge in [-0.1, -0.05) is 13.8 Å². The summed E-state index contributed by atoms with van der Waals surface area (Å²) in [5.41, 5.74) is 0. The topological polar surface area (TPSA) is 69.7 Å². The minimum absolute atomic E-state index is 0.0283. The fourth-order valence-corrected chi connectivity index (χ4v) is 6.64. The van der Waals surface area contributed by atoms with E-state index < -0.39 is 8.32 Å². The number of ether oxygens (including phenoxy) is 1. The molecule has 3 aliphatic carbocycles. The van der Waals surface area contributed by atoms with E-state index in [-0.39, 0.29) is 59.3 Å². The molecule has 0 saturated heterocycles. The van der Waals surface area contributed by atoms with Crippen molar-refractivity contribution < 1.29 is 23.5 Å². The summed E-state index contributed by atoms with van der Waals surface area (Å²) in [6.07, 6.45) is 3.46. The van der Waals surface area contributed by atoms with E-state index in [9.17, 15) is 14.4 Å². The predicted molar refractivity (Wildman–Crippen MR) is 109 cm³/mol.